The molecule has 82 valence electrons. The van der Waals surface area contributed by atoms with E-state index in [4.69, 9.17) is 4.74 Å². The van der Waals surface area contributed by atoms with Crippen LogP contribution in [-0.4, -0.2) is 29.7 Å². The van der Waals surface area contributed by atoms with Crippen LogP contribution >= 0.6 is 0 Å². The first kappa shape index (κ1) is 11.3. The third-order valence-electron chi connectivity index (χ3n) is 2.31. The molecule has 3 heteroatoms. The first-order valence-corrected chi connectivity index (χ1v) is 5.40. The summed E-state index contributed by atoms with van der Waals surface area (Å²) in [6.07, 6.45) is 2.26. The van der Waals surface area contributed by atoms with Crippen molar-refractivity contribution in [2.24, 2.45) is 5.92 Å². The Labute approximate surface area is 86.4 Å². The standard InChI is InChI=1S/C11H21NO2/c1-5-6-9-7-12(8-9)10(13)14-11(2,3)4/h9H,5-8H2,1-4H3. The number of ether oxygens (including phenoxy) is 1. The van der Waals surface area contributed by atoms with Gasteiger partial charge >= 0.3 is 6.09 Å². The minimum absolute atomic E-state index is 0.162. The van der Waals surface area contributed by atoms with Crippen molar-refractivity contribution in [3.8, 4) is 0 Å². The van der Waals surface area contributed by atoms with Crippen molar-refractivity contribution < 1.29 is 9.53 Å². The summed E-state index contributed by atoms with van der Waals surface area (Å²) in [5, 5.41) is 0. The van der Waals surface area contributed by atoms with Crippen molar-refractivity contribution in [3.63, 3.8) is 0 Å². The van der Waals surface area contributed by atoms with Gasteiger partial charge in [0.25, 0.3) is 0 Å². The van der Waals surface area contributed by atoms with Crippen molar-refractivity contribution in [2.45, 2.75) is 46.1 Å². The summed E-state index contributed by atoms with van der Waals surface area (Å²) >= 11 is 0. The number of hydrogen-bond donors (Lipinski definition) is 0. The molecule has 1 fully saturated rings. The summed E-state index contributed by atoms with van der Waals surface area (Å²) in [6.45, 7) is 9.62. The summed E-state index contributed by atoms with van der Waals surface area (Å²) in [5.74, 6) is 0.701. The molecule has 14 heavy (non-hydrogen) atoms. The topological polar surface area (TPSA) is 29.5 Å². The van der Waals surface area contributed by atoms with Gasteiger partial charge in [0.1, 0.15) is 5.60 Å². The number of amides is 1. The molecule has 0 aromatic heterocycles. The van der Waals surface area contributed by atoms with Gasteiger partial charge in [-0.1, -0.05) is 13.3 Å². The predicted molar refractivity (Wildman–Crippen MR) is 56.2 cm³/mol. The van der Waals surface area contributed by atoms with E-state index in [1.54, 1.807) is 4.90 Å². The molecular weight excluding hydrogens is 178 g/mol. The Kier molecular flexibility index (Phi) is 3.40. The second-order valence-corrected chi connectivity index (χ2v) is 5.04. The van der Waals surface area contributed by atoms with Crippen LogP contribution in [0, 0.1) is 5.92 Å². The van der Waals surface area contributed by atoms with E-state index in [0.29, 0.717) is 5.92 Å². The molecule has 0 N–H and O–H groups in total. The monoisotopic (exact) mass is 199 g/mol. The van der Waals surface area contributed by atoms with Gasteiger partial charge in [0, 0.05) is 13.1 Å². The van der Waals surface area contributed by atoms with Crippen molar-refractivity contribution in [1.29, 1.82) is 0 Å². The fourth-order valence-electron chi connectivity index (χ4n) is 1.64. The maximum atomic E-state index is 11.5. The highest BCUT2D eigenvalue weighted by Crippen LogP contribution is 2.22. The molecule has 1 aliphatic heterocycles. The molecule has 1 rings (SSSR count). The first-order chi connectivity index (χ1) is 6.42. The summed E-state index contributed by atoms with van der Waals surface area (Å²) in [6, 6.07) is 0. The lowest BCUT2D eigenvalue weighted by Crippen LogP contribution is -2.51. The summed E-state index contributed by atoms with van der Waals surface area (Å²) in [7, 11) is 0. The number of carbonyl (C=O) groups is 1. The van der Waals surface area contributed by atoms with E-state index in [-0.39, 0.29) is 11.7 Å². The molecule has 0 aliphatic carbocycles. The quantitative estimate of drug-likeness (QED) is 0.684. The molecule has 0 bridgehead atoms. The summed E-state index contributed by atoms with van der Waals surface area (Å²) < 4.78 is 5.26. The lowest BCUT2D eigenvalue weighted by molar-refractivity contribution is -0.00218. The summed E-state index contributed by atoms with van der Waals surface area (Å²) in [5.41, 5.74) is -0.368. The van der Waals surface area contributed by atoms with Crippen LogP contribution in [0.3, 0.4) is 0 Å². The molecule has 1 aliphatic rings. The average molecular weight is 199 g/mol. The normalized spacial score (nSPS) is 17.9. The molecule has 0 radical (unpaired) electrons. The Balaban J connectivity index is 2.23. The zero-order valence-electron chi connectivity index (χ0n) is 9.67. The van der Waals surface area contributed by atoms with Crippen LogP contribution in [0.15, 0.2) is 0 Å². The second kappa shape index (κ2) is 4.20. The molecule has 1 saturated heterocycles. The lowest BCUT2D eigenvalue weighted by atomic mass is 9.96. The van der Waals surface area contributed by atoms with Crippen LogP contribution < -0.4 is 0 Å². The zero-order valence-corrected chi connectivity index (χ0v) is 9.67. The van der Waals surface area contributed by atoms with Gasteiger partial charge in [-0.3, -0.25) is 0 Å². The average Bonchev–Trinajstić information content (AvgIpc) is 1.91. The van der Waals surface area contributed by atoms with Gasteiger partial charge in [0.15, 0.2) is 0 Å². The van der Waals surface area contributed by atoms with E-state index in [2.05, 4.69) is 6.92 Å². The van der Waals surface area contributed by atoms with E-state index < -0.39 is 0 Å². The highest BCUT2D eigenvalue weighted by Gasteiger charge is 2.32. The molecule has 0 aromatic rings. The Morgan fingerprint density at radius 3 is 2.43 bits per heavy atom. The maximum Gasteiger partial charge on any atom is 0.410 e. The van der Waals surface area contributed by atoms with Crippen molar-refractivity contribution in [3.05, 3.63) is 0 Å². The molecule has 1 amide bonds. The van der Waals surface area contributed by atoms with Gasteiger partial charge in [-0.25, -0.2) is 4.79 Å². The van der Waals surface area contributed by atoms with Gasteiger partial charge < -0.3 is 9.64 Å². The van der Waals surface area contributed by atoms with E-state index >= 15 is 0 Å². The van der Waals surface area contributed by atoms with Crippen LogP contribution in [0.5, 0.6) is 0 Å². The minimum Gasteiger partial charge on any atom is -0.444 e. The number of carbonyl (C=O) groups excluding carboxylic acids is 1. The van der Waals surface area contributed by atoms with Gasteiger partial charge in [0.05, 0.1) is 0 Å². The highest BCUT2D eigenvalue weighted by molar-refractivity contribution is 5.69. The number of likely N-dealkylation sites (tertiary alicyclic amines) is 1. The van der Waals surface area contributed by atoms with Gasteiger partial charge in [-0.2, -0.15) is 0 Å². The third kappa shape index (κ3) is 3.20. The fourth-order valence-corrected chi connectivity index (χ4v) is 1.64. The number of rotatable bonds is 2. The molecule has 0 spiro atoms. The minimum atomic E-state index is -0.368. The van der Waals surface area contributed by atoms with Crippen molar-refractivity contribution >= 4 is 6.09 Å². The fraction of sp³-hybridized carbons (Fsp3) is 0.909. The zero-order chi connectivity index (χ0) is 10.8. The van der Waals surface area contributed by atoms with Crippen molar-refractivity contribution in [1.82, 2.24) is 4.90 Å². The van der Waals surface area contributed by atoms with Crippen LogP contribution in [0.2, 0.25) is 0 Å². The van der Waals surface area contributed by atoms with E-state index in [1.807, 2.05) is 20.8 Å². The molecule has 1 heterocycles. The SMILES string of the molecule is CCCC1CN(C(=O)OC(C)(C)C)C1. The van der Waals surface area contributed by atoms with Crippen LogP contribution in [-0.2, 0) is 4.74 Å². The predicted octanol–water partition coefficient (Wildman–Crippen LogP) is 2.65. The smallest absolute Gasteiger partial charge is 0.410 e. The summed E-state index contributed by atoms with van der Waals surface area (Å²) in [4.78, 5) is 13.3. The molecular formula is C11H21NO2. The van der Waals surface area contributed by atoms with E-state index in [0.717, 1.165) is 13.1 Å². The van der Waals surface area contributed by atoms with Gasteiger partial charge in [-0.15, -0.1) is 0 Å². The molecule has 0 atom stereocenters. The first-order valence-electron chi connectivity index (χ1n) is 5.40. The van der Waals surface area contributed by atoms with Crippen LogP contribution in [0.25, 0.3) is 0 Å². The second-order valence-electron chi connectivity index (χ2n) is 5.04. The molecule has 3 nitrogen and oxygen atoms in total. The van der Waals surface area contributed by atoms with Crippen LogP contribution in [0.4, 0.5) is 4.79 Å². The van der Waals surface area contributed by atoms with Gasteiger partial charge in [0.2, 0.25) is 0 Å². The maximum absolute atomic E-state index is 11.5. The third-order valence-corrected chi connectivity index (χ3v) is 2.31. The van der Waals surface area contributed by atoms with E-state index in [1.165, 1.54) is 12.8 Å². The lowest BCUT2D eigenvalue weighted by Gasteiger charge is -2.39. The Hall–Kier alpha value is -0.730. The van der Waals surface area contributed by atoms with E-state index in [9.17, 15) is 4.79 Å². The molecule has 0 aromatic carbocycles. The van der Waals surface area contributed by atoms with Crippen LogP contribution in [0.1, 0.15) is 40.5 Å². The molecule has 0 saturated carbocycles. The Bertz CT molecular complexity index is 202. The van der Waals surface area contributed by atoms with Crippen molar-refractivity contribution in [2.75, 3.05) is 13.1 Å². The largest absolute Gasteiger partial charge is 0.444 e. The van der Waals surface area contributed by atoms with Gasteiger partial charge in [-0.05, 0) is 33.1 Å². The molecule has 0 unspecified atom stereocenters. The Morgan fingerprint density at radius 1 is 1.43 bits per heavy atom. The Morgan fingerprint density at radius 2 is 2.00 bits per heavy atom. The number of nitrogens with zero attached hydrogens (tertiary/aromatic N) is 1. The highest BCUT2D eigenvalue weighted by atomic mass is 16.6. The number of hydrogen-bond acceptors (Lipinski definition) is 2.